The number of oxime groups is 1. The van der Waals surface area contributed by atoms with Crippen molar-refractivity contribution in [3.63, 3.8) is 0 Å². The SMILES string of the molecule is C/C(=N\O)c1ccc2c(c1)S(=O)(=O)NC(C1CCCCC1)N2. The molecule has 0 bridgehead atoms. The third kappa shape index (κ3) is 2.83. The Hall–Kier alpha value is -1.60. The zero-order chi connectivity index (χ0) is 15.7. The molecule has 3 rings (SSSR count). The third-order valence-electron chi connectivity index (χ3n) is 4.55. The van der Waals surface area contributed by atoms with Crippen molar-refractivity contribution in [2.45, 2.75) is 50.1 Å². The van der Waals surface area contributed by atoms with E-state index in [2.05, 4.69) is 15.2 Å². The highest BCUT2D eigenvalue weighted by Gasteiger charge is 2.34. The molecular weight excluding hydrogens is 302 g/mol. The average Bonchev–Trinajstić information content (AvgIpc) is 2.54. The molecular formula is C15H21N3O3S. The van der Waals surface area contributed by atoms with Crippen LogP contribution in [0, 0.1) is 5.92 Å². The van der Waals surface area contributed by atoms with Crippen LogP contribution in [-0.4, -0.2) is 25.5 Å². The maximum atomic E-state index is 12.5. The van der Waals surface area contributed by atoms with E-state index in [4.69, 9.17) is 5.21 Å². The quantitative estimate of drug-likeness (QED) is 0.443. The molecule has 0 radical (unpaired) electrons. The van der Waals surface area contributed by atoms with E-state index in [1.807, 2.05) is 0 Å². The van der Waals surface area contributed by atoms with Crippen molar-refractivity contribution >= 4 is 21.4 Å². The van der Waals surface area contributed by atoms with Crippen LogP contribution in [-0.2, 0) is 10.0 Å². The molecule has 1 fully saturated rings. The van der Waals surface area contributed by atoms with Crippen molar-refractivity contribution < 1.29 is 13.6 Å². The van der Waals surface area contributed by atoms with Gasteiger partial charge in [0, 0.05) is 5.56 Å². The van der Waals surface area contributed by atoms with E-state index in [9.17, 15) is 8.42 Å². The van der Waals surface area contributed by atoms with Crippen LogP contribution < -0.4 is 10.0 Å². The predicted molar refractivity (Wildman–Crippen MR) is 84.7 cm³/mol. The molecule has 1 aromatic carbocycles. The Balaban J connectivity index is 1.93. The second-order valence-corrected chi connectivity index (χ2v) is 7.72. The summed E-state index contributed by atoms with van der Waals surface area (Å²) in [6.07, 6.45) is 5.39. The molecule has 1 saturated carbocycles. The molecule has 6 nitrogen and oxygen atoms in total. The van der Waals surface area contributed by atoms with Gasteiger partial charge >= 0.3 is 0 Å². The van der Waals surface area contributed by atoms with Gasteiger partial charge < -0.3 is 10.5 Å². The first kappa shape index (κ1) is 15.3. The Morgan fingerprint density at radius 2 is 2.00 bits per heavy atom. The lowest BCUT2D eigenvalue weighted by molar-refractivity contribution is 0.306. The summed E-state index contributed by atoms with van der Waals surface area (Å²) in [5.74, 6) is 0.331. The Bertz CT molecular complexity index is 694. The molecule has 1 aliphatic carbocycles. The van der Waals surface area contributed by atoms with Gasteiger partial charge in [-0.1, -0.05) is 30.5 Å². The lowest BCUT2D eigenvalue weighted by Gasteiger charge is -2.35. The number of hydrogen-bond acceptors (Lipinski definition) is 5. The Morgan fingerprint density at radius 3 is 2.68 bits per heavy atom. The lowest BCUT2D eigenvalue weighted by Crippen LogP contribution is -2.49. The average molecular weight is 323 g/mol. The number of nitrogens with one attached hydrogen (secondary N) is 2. The molecule has 1 aliphatic heterocycles. The summed E-state index contributed by atoms with van der Waals surface area (Å²) in [6, 6.07) is 5.05. The van der Waals surface area contributed by atoms with Crippen LogP contribution in [0.3, 0.4) is 0 Å². The molecule has 3 N–H and O–H groups in total. The fourth-order valence-corrected chi connectivity index (χ4v) is 4.67. The number of nitrogens with zero attached hydrogens (tertiary/aromatic N) is 1. The van der Waals surface area contributed by atoms with Crippen LogP contribution in [0.1, 0.15) is 44.6 Å². The minimum atomic E-state index is -3.55. The van der Waals surface area contributed by atoms with Crippen LogP contribution in [0.2, 0.25) is 0 Å². The molecule has 1 unspecified atom stereocenters. The van der Waals surface area contributed by atoms with Gasteiger partial charge in [0.15, 0.2) is 0 Å². The minimum absolute atomic E-state index is 0.208. The molecule has 22 heavy (non-hydrogen) atoms. The molecule has 2 aliphatic rings. The summed E-state index contributed by atoms with van der Waals surface area (Å²) in [6.45, 7) is 1.63. The van der Waals surface area contributed by atoms with Gasteiger partial charge in [-0.15, -0.1) is 0 Å². The van der Waals surface area contributed by atoms with Crippen LogP contribution in [0.15, 0.2) is 28.3 Å². The molecule has 0 amide bonds. The summed E-state index contributed by atoms with van der Waals surface area (Å²) >= 11 is 0. The minimum Gasteiger partial charge on any atom is -0.411 e. The number of sulfonamides is 1. The predicted octanol–water partition coefficient (Wildman–Crippen LogP) is 2.50. The molecule has 1 aromatic rings. The fourth-order valence-electron chi connectivity index (χ4n) is 3.26. The van der Waals surface area contributed by atoms with Gasteiger partial charge in [0.2, 0.25) is 10.0 Å². The number of anilines is 1. The van der Waals surface area contributed by atoms with Crippen molar-refractivity contribution in [3.05, 3.63) is 23.8 Å². The highest BCUT2D eigenvalue weighted by molar-refractivity contribution is 7.89. The van der Waals surface area contributed by atoms with E-state index in [1.54, 1.807) is 19.1 Å². The lowest BCUT2D eigenvalue weighted by atomic mass is 9.87. The molecule has 7 heteroatoms. The van der Waals surface area contributed by atoms with Crippen molar-refractivity contribution in [1.82, 2.24) is 4.72 Å². The van der Waals surface area contributed by atoms with Crippen LogP contribution in [0.25, 0.3) is 0 Å². The van der Waals surface area contributed by atoms with Crippen molar-refractivity contribution in [2.75, 3.05) is 5.32 Å². The molecule has 0 aromatic heterocycles. The Kier molecular flexibility index (Phi) is 4.10. The topological polar surface area (TPSA) is 90.8 Å². The number of fused-ring (bicyclic) bond motifs is 1. The Labute approximate surface area is 130 Å². The maximum Gasteiger partial charge on any atom is 0.244 e. The van der Waals surface area contributed by atoms with Gasteiger partial charge in [-0.3, -0.25) is 0 Å². The maximum absolute atomic E-state index is 12.5. The van der Waals surface area contributed by atoms with Crippen molar-refractivity contribution in [1.29, 1.82) is 0 Å². The van der Waals surface area contributed by atoms with Crippen LogP contribution in [0.5, 0.6) is 0 Å². The number of benzene rings is 1. The van der Waals surface area contributed by atoms with Crippen molar-refractivity contribution in [3.8, 4) is 0 Å². The van der Waals surface area contributed by atoms with Gasteiger partial charge in [-0.2, -0.15) is 4.72 Å². The molecule has 1 atom stereocenters. The second kappa shape index (κ2) is 5.89. The third-order valence-corrected chi connectivity index (χ3v) is 6.03. The summed E-state index contributed by atoms with van der Waals surface area (Å²) in [7, 11) is -3.55. The molecule has 0 spiro atoms. The van der Waals surface area contributed by atoms with E-state index >= 15 is 0 Å². The van der Waals surface area contributed by atoms with Crippen LogP contribution >= 0.6 is 0 Å². The zero-order valence-corrected chi connectivity index (χ0v) is 13.4. The zero-order valence-electron chi connectivity index (χ0n) is 12.5. The highest BCUT2D eigenvalue weighted by Crippen LogP contribution is 2.33. The highest BCUT2D eigenvalue weighted by atomic mass is 32.2. The smallest absolute Gasteiger partial charge is 0.244 e. The summed E-state index contributed by atoms with van der Waals surface area (Å²) in [4.78, 5) is 0.208. The molecule has 0 saturated heterocycles. The standard InChI is InChI=1S/C15H21N3O3S/c1-10(17-19)12-7-8-13-14(9-12)22(20,21)18-15(16-13)11-5-3-2-4-6-11/h7-9,11,15-16,18-19H,2-6H2,1H3/b17-10+. The van der Waals surface area contributed by atoms with Crippen LogP contribution in [0.4, 0.5) is 5.69 Å². The summed E-state index contributed by atoms with van der Waals surface area (Å²) < 4.78 is 27.8. The van der Waals surface area contributed by atoms with E-state index in [0.29, 0.717) is 22.9 Å². The normalized spacial score (nSPS) is 25.3. The first-order chi connectivity index (χ1) is 10.5. The van der Waals surface area contributed by atoms with Crippen molar-refractivity contribution in [2.24, 2.45) is 11.1 Å². The summed E-state index contributed by atoms with van der Waals surface area (Å²) in [5, 5.41) is 15.3. The van der Waals surface area contributed by atoms with E-state index < -0.39 is 10.0 Å². The van der Waals surface area contributed by atoms with Gasteiger partial charge in [-0.05, 0) is 37.8 Å². The van der Waals surface area contributed by atoms with Gasteiger partial charge in [-0.25, -0.2) is 8.42 Å². The number of hydrogen-bond donors (Lipinski definition) is 3. The van der Waals surface area contributed by atoms with E-state index in [1.165, 1.54) is 12.5 Å². The largest absolute Gasteiger partial charge is 0.411 e. The first-order valence-electron chi connectivity index (χ1n) is 7.63. The first-order valence-corrected chi connectivity index (χ1v) is 9.11. The fraction of sp³-hybridized carbons (Fsp3) is 0.533. The van der Waals surface area contributed by atoms with Gasteiger partial charge in [0.1, 0.15) is 4.90 Å². The van der Waals surface area contributed by atoms with Gasteiger partial charge in [0.25, 0.3) is 0 Å². The summed E-state index contributed by atoms with van der Waals surface area (Å²) in [5.41, 5.74) is 1.58. The van der Waals surface area contributed by atoms with Gasteiger partial charge in [0.05, 0.1) is 17.6 Å². The van der Waals surface area contributed by atoms with E-state index in [0.717, 1.165) is 25.7 Å². The second-order valence-electron chi connectivity index (χ2n) is 6.04. The number of rotatable bonds is 2. The van der Waals surface area contributed by atoms with E-state index in [-0.39, 0.29) is 11.1 Å². The Morgan fingerprint density at radius 1 is 1.27 bits per heavy atom. The monoisotopic (exact) mass is 323 g/mol. The molecule has 1 heterocycles. The molecule has 120 valence electrons.